The predicted molar refractivity (Wildman–Crippen MR) is 105 cm³/mol. The number of esters is 1. The lowest BCUT2D eigenvalue weighted by molar-refractivity contribution is -0.142. The van der Waals surface area contributed by atoms with Crippen molar-refractivity contribution in [2.24, 2.45) is 0 Å². The summed E-state index contributed by atoms with van der Waals surface area (Å²) in [6, 6.07) is 8.39. The number of hydrogen-bond donors (Lipinski definition) is 0. The molecule has 0 saturated heterocycles. The van der Waals surface area contributed by atoms with E-state index in [1.54, 1.807) is 0 Å². The van der Waals surface area contributed by atoms with Gasteiger partial charge in [0.1, 0.15) is 0 Å². The molecule has 0 radical (unpaired) electrons. The van der Waals surface area contributed by atoms with Gasteiger partial charge in [-0.05, 0) is 31.7 Å². The summed E-state index contributed by atoms with van der Waals surface area (Å²) < 4.78 is 23.4. The maximum atomic E-state index is 12.1. The van der Waals surface area contributed by atoms with Crippen molar-refractivity contribution in [3.63, 3.8) is 0 Å². The van der Waals surface area contributed by atoms with Crippen molar-refractivity contribution in [2.45, 2.75) is 59.4 Å². The van der Waals surface area contributed by atoms with Crippen LogP contribution in [0.25, 0.3) is 0 Å². The van der Waals surface area contributed by atoms with E-state index in [0.717, 1.165) is 24.8 Å². The summed E-state index contributed by atoms with van der Waals surface area (Å²) in [5.74, 6) is -0.238. The van der Waals surface area contributed by atoms with Crippen LogP contribution in [0.2, 0.25) is 6.04 Å². The lowest BCUT2D eigenvalue weighted by Crippen LogP contribution is -2.47. The molecule has 0 spiro atoms. The summed E-state index contributed by atoms with van der Waals surface area (Å²) in [5, 5.41) is 0. The molecule has 0 bridgehead atoms. The number of carbonyl (C=O) groups is 1. The van der Waals surface area contributed by atoms with E-state index in [9.17, 15) is 4.79 Å². The molecule has 148 valence electrons. The van der Waals surface area contributed by atoms with Crippen molar-refractivity contribution in [1.82, 2.24) is 0 Å². The Morgan fingerprint density at radius 1 is 0.846 bits per heavy atom. The molecule has 0 aromatic heterocycles. The van der Waals surface area contributed by atoms with Gasteiger partial charge in [-0.25, -0.2) is 0 Å². The third-order valence-corrected chi connectivity index (χ3v) is 6.47. The fourth-order valence-corrected chi connectivity index (χ4v) is 4.91. The van der Waals surface area contributed by atoms with Crippen LogP contribution >= 0.6 is 0 Å². The van der Waals surface area contributed by atoms with E-state index in [-0.39, 0.29) is 19.0 Å². The maximum Gasteiger partial charge on any atom is 0.504 e. The third-order valence-electron chi connectivity index (χ3n) is 3.72. The summed E-state index contributed by atoms with van der Waals surface area (Å²) in [4.78, 5) is 12.1. The van der Waals surface area contributed by atoms with E-state index >= 15 is 0 Å². The van der Waals surface area contributed by atoms with Crippen LogP contribution in [-0.4, -0.2) is 41.2 Å². The van der Waals surface area contributed by atoms with E-state index < -0.39 is 8.80 Å². The highest BCUT2D eigenvalue weighted by atomic mass is 28.4. The first-order valence-electron chi connectivity index (χ1n) is 9.68. The van der Waals surface area contributed by atoms with Gasteiger partial charge in [0.25, 0.3) is 0 Å². The van der Waals surface area contributed by atoms with E-state index in [1.807, 2.05) is 31.2 Å². The smallest absolute Gasteiger partial charge is 0.465 e. The second-order valence-electron chi connectivity index (χ2n) is 6.36. The monoisotopic (exact) mass is 382 g/mol. The Morgan fingerprint density at radius 3 is 1.81 bits per heavy atom. The minimum atomic E-state index is -2.80. The molecule has 1 aromatic carbocycles. The Morgan fingerprint density at radius 2 is 1.35 bits per heavy atom. The highest BCUT2D eigenvalue weighted by Gasteiger charge is 2.41. The largest absolute Gasteiger partial charge is 0.504 e. The first-order valence-corrected chi connectivity index (χ1v) is 11.6. The topological polar surface area (TPSA) is 54.0 Å². The van der Waals surface area contributed by atoms with E-state index in [4.69, 9.17) is 18.0 Å². The van der Waals surface area contributed by atoms with Gasteiger partial charge in [0.2, 0.25) is 0 Å². The van der Waals surface area contributed by atoms with Crippen LogP contribution < -0.4 is 0 Å². The fraction of sp³-hybridized carbons (Fsp3) is 0.650. The molecule has 1 aromatic rings. The van der Waals surface area contributed by atoms with Gasteiger partial charge in [-0.1, -0.05) is 50.6 Å². The summed E-state index contributed by atoms with van der Waals surface area (Å²) in [6.07, 6.45) is 2.96. The highest BCUT2D eigenvalue weighted by Crippen LogP contribution is 2.18. The molecule has 5 nitrogen and oxygen atoms in total. The Bertz CT molecular complexity index is 482. The zero-order chi connectivity index (χ0) is 19.3. The van der Waals surface area contributed by atoms with Gasteiger partial charge in [-0.2, -0.15) is 0 Å². The first kappa shape index (κ1) is 22.8. The SMILES string of the molecule is CCCO[Si](CCOC(=O)Cc1ccc(C)cc1)(OCCC)OCCC. The van der Waals surface area contributed by atoms with E-state index in [0.29, 0.717) is 25.9 Å². The average molecular weight is 383 g/mol. The third kappa shape index (κ3) is 8.94. The molecule has 26 heavy (non-hydrogen) atoms. The van der Waals surface area contributed by atoms with E-state index in [1.165, 1.54) is 5.56 Å². The zero-order valence-corrected chi connectivity index (χ0v) is 17.7. The van der Waals surface area contributed by atoms with E-state index in [2.05, 4.69) is 20.8 Å². The zero-order valence-electron chi connectivity index (χ0n) is 16.7. The summed E-state index contributed by atoms with van der Waals surface area (Å²) in [7, 11) is -2.80. The quantitative estimate of drug-likeness (QED) is 0.355. The molecule has 0 amide bonds. The van der Waals surface area contributed by atoms with Crippen molar-refractivity contribution in [2.75, 3.05) is 26.4 Å². The molecular weight excluding hydrogens is 348 g/mol. The maximum absolute atomic E-state index is 12.1. The number of aryl methyl sites for hydroxylation is 1. The lowest BCUT2D eigenvalue weighted by Gasteiger charge is -2.29. The van der Waals surface area contributed by atoms with Gasteiger partial charge in [0.15, 0.2) is 0 Å². The van der Waals surface area contributed by atoms with Crippen LogP contribution in [0.5, 0.6) is 0 Å². The molecule has 0 aliphatic carbocycles. The molecule has 0 fully saturated rings. The molecule has 1 rings (SSSR count). The molecule has 0 aliphatic heterocycles. The molecule has 0 saturated carbocycles. The van der Waals surface area contributed by atoms with Crippen LogP contribution in [0, 0.1) is 6.92 Å². The number of carbonyl (C=O) groups excluding carboxylic acids is 1. The van der Waals surface area contributed by atoms with Gasteiger partial charge in [0.05, 0.1) is 19.1 Å². The fourth-order valence-electron chi connectivity index (χ4n) is 2.33. The van der Waals surface area contributed by atoms with Crippen molar-refractivity contribution in [1.29, 1.82) is 0 Å². The molecule has 0 aliphatic rings. The van der Waals surface area contributed by atoms with Gasteiger partial charge in [-0.15, -0.1) is 0 Å². The van der Waals surface area contributed by atoms with Crippen LogP contribution in [0.15, 0.2) is 24.3 Å². The molecule has 0 heterocycles. The van der Waals surface area contributed by atoms with Gasteiger partial charge < -0.3 is 18.0 Å². The van der Waals surface area contributed by atoms with Crippen molar-refractivity contribution < 1.29 is 22.8 Å². The summed E-state index contributed by atoms with van der Waals surface area (Å²) in [5.41, 5.74) is 2.13. The van der Waals surface area contributed by atoms with Crippen LogP contribution in [0.1, 0.15) is 51.2 Å². The normalized spacial score (nSPS) is 11.5. The Kier molecular flexibility index (Phi) is 11.4. The van der Waals surface area contributed by atoms with Crippen molar-refractivity contribution in [3.8, 4) is 0 Å². The number of rotatable bonds is 14. The second kappa shape index (κ2) is 13.0. The Hall–Kier alpha value is -1.21. The number of hydrogen-bond acceptors (Lipinski definition) is 5. The lowest BCUT2D eigenvalue weighted by atomic mass is 10.1. The van der Waals surface area contributed by atoms with Gasteiger partial charge in [-0.3, -0.25) is 4.79 Å². The summed E-state index contributed by atoms with van der Waals surface area (Å²) >= 11 is 0. The Labute approximate surface area is 159 Å². The van der Waals surface area contributed by atoms with Crippen LogP contribution in [0.4, 0.5) is 0 Å². The van der Waals surface area contributed by atoms with Crippen LogP contribution in [0.3, 0.4) is 0 Å². The molecule has 0 atom stereocenters. The molecule has 0 unspecified atom stereocenters. The minimum Gasteiger partial charge on any atom is -0.465 e. The van der Waals surface area contributed by atoms with Crippen molar-refractivity contribution in [3.05, 3.63) is 35.4 Å². The molecule has 0 N–H and O–H groups in total. The minimum absolute atomic E-state index is 0.238. The number of benzene rings is 1. The standard InChI is InChI=1S/C20H34O5Si/c1-5-12-23-26(24-13-6-2,25-14-7-3)16-15-22-20(21)17-19-10-8-18(4)9-11-19/h8-11H,5-7,12-17H2,1-4H3. The predicted octanol–water partition coefficient (Wildman–Crippen LogP) is 4.30. The van der Waals surface area contributed by atoms with Crippen LogP contribution in [-0.2, 0) is 29.2 Å². The van der Waals surface area contributed by atoms with Gasteiger partial charge in [0, 0.05) is 19.8 Å². The first-order chi connectivity index (χ1) is 12.5. The highest BCUT2D eigenvalue weighted by molar-refractivity contribution is 6.60. The average Bonchev–Trinajstić information content (AvgIpc) is 2.64. The molecule has 6 heteroatoms. The van der Waals surface area contributed by atoms with Gasteiger partial charge >= 0.3 is 14.8 Å². The molecular formula is C20H34O5Si. The van der Waals surface area contributed by atoms with Crippen molar-refractivity contribution >= 4 is 14.8 Å². The number of ether oxygens (including phenoxy) is 1. The second-order valence-corrected chi connectivity index (χ2v) is 9.09. The Balaban J connectivity index is 2.56. The summed E-state index contributed by atoms with van der Waals surface area (Å²) in [6.45, 7) is 10.2.